The summed E-state index contributed by atoms with van der Waals surface area (Å²) in [5.41, 5.74) is 11.0. The second-order valence-corrected chi connectivity index (χ2v) is 3.68. The van der Waals surface area contributed by atoms with Crippen LogP contribution in [0.2, 0.25) is 0 Å². The van der Waals surface area contributed by atoms with Gasteiger partial charge in [0.15, 0.2) is 0 Å². The van der Waals surface area contributed by atoms with Crippen molar-refractivity contribution in [2.45, 2.75) is 19.4 Å². The number of hydrogen-bond donors (Lipinski definition) is 3. The Morgan fingerprint density at radius 2 is 2.12 bits per heavy atom. The van der Waals surface area contributed by atoms with Crippen molar-refractivity contribution in [3.05, 3.63) is 29.6 Å². The molecule has 0 aliphatic heterocycles. The van der Waals surface area contributed by atoms with Gasteiger partial charge < -0.3 is 16.8 Å². The molecule has 0 radical (unpaired) electrons. The zero-order chi connectivity index (χ0) is 13.0. The molecule has 1 aromatic rings. The van der Waals surface area contributed by atoms with E-state index in [1.54, 1.807) is 6.07 Å². The van der Waals surface area contributed by atoms with Crippen LogP contribution in [0.25, 0.3) is 0 Å². The Balaban J connectivity index is 2.74. The molecule has 2 amide bonds. The largest absolute Gasteiger partial charge is 0.370 e. The number of benzene rings is 1. The molecule has 0 saturated heterocycles. The molecule has 0 spiro atoms. The lowest BCUT2D eigenvalue weighted by atomic mass is 10.1. The van der Waals surface area contributed by atoms with Crippen LogP contribution in [0.15, 0.2) is 18.2 Å². The molecule has 1 unspecified atom stereocenters. The van der Waals surface area contributed by atoms with E-state index in [4.69, 9.17) is 11.5 Å². The van der Waals surface area contributed by atoms with Crippen molar-refractivity contribution in [3.63, 3.8) is 0 Å². The second kappa shape index (κ2) is 5.40. The zero-order valence-electron chi connectivity index (χ0n) is 9.37. The van der Waals surface area contributed by atoms with Crippen molar-refractivity contribution in [1.82, 2.24) is 0 Å². The van der Waals surface area contributed by atoms with E-state index in [0.717, 1.165) is 0 Å². The van der Waals surface area contributed by atoms with E-state index in [1.807, 2.05) is 0 Å². The van der Waals surface area contributed by atoms with E-state index in [2.05, 4.69) is 5.32 Å². The molecule has 5 nitrogen and oxygen atoms in total. The van der Waals surface area contributed by atoms with Crippen molar-refractivity contribution < 1.29 is 14.0 Å². The number of anilines is 1. The number of halogens is 1. The monoisotopic (exact) mass is 239 g/mol. The first kappa shape index (κ1) is 13.1. The number of rotatable bonds is 4. The van der Waals surface area contributed by atoms with Gasteiger partial charge in [0.05, 0.1) is 12.5 Å². The van der Waals surface area contributed by atoms with Gasteiger partial charge in [-0.15, -0.1) is 0 Å². The van der Waals surface area contributed by atoms with Crippen LogP contribution >= 0.6 is 0 Å². The lowest BCUT2D eigenvalue weighted by Gasteiger charge is -2.12. The Bertz CT molecular complexity index is 448. The van der Waals surface area contributed by atoms with Gasteiger partial charge in [-0.25, -0.2) is 4.39 Å². The van der Waals surface area contributed by atoms with Crippen LogP contribution in [0.1, 0.15) is 12.0 Å². The maximum absolute atomic E-state index is 13.2. The first-order valence-corrected chi connectivity index (χ1v) is 5.01. The maximum Gasteiger partial charge on any atom is 0.241 e. The SMILES string of the molecule is Cc1c(F)cccc1NC(=O)C(N)CC(N)=O. The molecular weight excluding hydrogens is 225 g/mol. The Morgan fingerprint density at radius 3 is 2.71 bits per heavy atom. The smallest absolute Gasteiger partial charge is 0.241 e. The Labute approximate surface area is 98.0 Å². The third-order valence-corrected chi connectivity index (χ3v) is 2.28. The minimum Gasteiger partial charge on any atom is -0.370 e. The van der Waals surface area contributed by atoms with E-state index in [1.165, 1.54) is 19.1 Å². The predicted octanol–water partition coefficient (Wildman–Crippen LogP) is 0.275. The quantitative estimate of drug-likeness (QED) is 0.703. The standard InChI is InChI=1S/C11H14FN3O2/c1-6-7(12)3-2-4-9(6)15-11(17)8(13)5-10(14)16/h2-4,8H,5,13H2,1H3,(H2,14,16)(H,15,17). The van der Waals surface area contributed by atoms with E-state index in [-0.39, 0.29) is 6.42 Å². The molecule has 0 aromatic heterocycles. The molecule has 0 bridgehead atoms. The van der Waals surface area contributed by atoms with Gasteiger partial charge in [-0.2, -0.15) is 0 Å². The Morgan fingerprint density at radius 1 is 1.47 bits per heavy atom. The summed E-state index contributed by atoms with van der Waals surface area (Å²) >= 11 is 0. The molecular formula is C11H14FN3O2. The summed E-state index contributed by atoms with van der Waals surface area (Å²) in [6.07, 6.45) is -0.250. The van der Waals surface area contributed by atoms with Crippen LogP contribution in [0.3, 0.4) is 0 Å². The number of primary amides is 1. The zero-order valence-corrected chi connectivity index (χ0v) is 9.37. The fourth-order valence-electron chi connectivity index (χ4n) is 1.28. The molecule has 17 heavy (non-hydrogen) atoms. The minimum absolute atomic E-state index is 0.250. The van der Waals surface area contributed by atoms with Crippen LogP contribution < -0.4 is 16.8 Å². The highest BCUT2D eigenvalue weighted by atomic mass is 19.1. The van der Waals surface area contributed by atoms with Crippen molar-refractivity contribution in [2.24, 2.45) is 11.5 Å². The number of hydrogen-bond acceptors (Lipinski definition) is 3. The van der Waals surface area contributed by atoms with Crippen molar-refractivity contribution in [1.29, 1.82) is 0 Å². The number of nitrogens with two attached hydrogens (primary N) is 2. The summed E-state index contributed by atoms with van der Waals surface area (Å²) in [5.74, 6) is -1.66. The fraction of sp³-hybridized carbons (Fsp3) is 0.273. The summed E-state index contributed by atoms with van der Waals surface area (Å²) in [5, 5.41) is 2.44. The van der Waals surface area contributed by atoms with E-state index >= 15 is 0 Å². The third kappa shape index (κ3) is 3.53. The lowest BCUT2D eigenvalue weighted by molar-refractivity contribution is -0.123. The minimum atomic E-state index is -1.03. The number of carbonyl (C=O) groups is 2. The normalized spacial score (nSPS) is 11.9. The first-order valence-electron chi connectivity index (χ1n) is 5.01. The lowest BCUT2D eigenvalue weighted by Crippen LogP contribution is -2.39. The molecule has 92 valence electrons. The average molecular weight is 239 g/mol. The highest BCUT2D eigenvalue weighted by Crippen LogP contribution is 2.17. The Kier molecular flexibility index (Phi) is 4.17. The summed E-state index contributed by atoms with van der Waals surface area (Å²) < 4.78 is 13.2. The summed E-state index contributed by atoms with van der Waals surface area (Å²) in [7, 11) is 0. The fourth-order valence-corrected chi connectivity index (χ4v) is 1.28. The average Bonchev–Trinajstić information content (AvgIpc) is 2.23. The molecule has 0 aliphatic rings. The van der Waals surface area contributed by atoms with Gasteiger partial charge in [-0.3, -0.25) is 9.59 Å². The highest BCUT2D eigenvalue weighted by molar-refractivity contribution is 5.97. The predicted molar refractivity (Wildman–Crippen MR) is 61.6 cm³/mol. The van der Waals surface area contributed by atoms with E-state index < -0.39 is 23.7 Å². The van der Waals surface area contributed by atoms with E-state index in [9.17, 15) is 14.0 Å². The molecule has 0 heterocycles. The molecule has 0 saturated carbocycles. The maximum atomic E-state index is 13.2. The number of nitrogens with one attached hydrogen (secondary N) is 1. The summed E-state index contributed by atoms with van der Waals surface area (Å²) in [6, 6.07) is 3.27. The molecule has 0 aliphatic carbocycles. The van der Waals surface area contributed by atoms with Crippen LogP contribution in [0.4, 0.5) is 10.1 Å². The molecule has 1 atom stereocenters. The van der Waals surface area contributed by atoms with Crippen molar-refractivity contribution in [3.8, 4) is 0 Å². The topological polar surface area (TPSA) is 98.2 Å². The molecule has 6 heteroatoms. The van der Waals surface area contributed by atoms with Gasteiger partial charge >= 0.3 is 0 Å². The van der Waals surface area contributed by atoms with Crippen LogP contribution in [0.5, 0.6) is 0 Å². The number of carbonyl (C=O) groups excluding carboxylic acids is 2. The van der Waals surface area contributed by atoms with Gasteiger partial charge in [-0.05, 0) is 19.1 Å². The Hall–Kier alpha value is -1.95. The van der Waals surface area contributed by atoms with Crippen LogP contribution in [-0.4, -0.2) is 17.9 Å². The highest BCUT2D eigenvalue weighted by Gasteiger charge is 2.17. The first-order chi connectivity index (χ1) is 7.91. The van der Waals surface area contributed by atoms with Crippen molar-refractivity contribution >= 4 is 17.5 Å². The van der Waals surface area contributed by atoms with Crippen molar-refractivity contribution in [2.75, 3.05) is 5.32 Å². The molecule has 1 aromatic carbocycles. The third-order valence-electron chi connectivity index (χ3n) is 2.28. The van der Waals surface area contributed by atoms with Gasteiger partial charge in [0.25, 0.3) is 0 Å². The number of amides is 2. The van der Waals surface area contributed by atoms with Gasteiger partial charge in [0.2, 0.25) is 11.8 Å². The summed E-state index contributed by atoms with van der Waals surface area (Å²) in [4.78, 5) is 22.1. The summed E-state index contributed by atoms with van der Waals surface area (Å²) in [6.45, 7) is 1.53. The molecule has 0 fully saturated rings. The van der Waals surface area contributed by atoms with Gasteiger partial charge in [0, 0.05) is 11.3 Å². The second-order valence-electron chi connectivity index (χ2n) is 3.68. The van der Waals surface area contributed by atoms with E-state index in [0.29, 0.717) is 11.3 Å². The molecule has 5 N–H and O–H groups in total. The van der Waals surface area contributed by atoms with Gasteiger partial charge in [-0.1, -0.05) is 6.07 Å². The van der Waals surface area contributed by atoms with Crippen LogP contribution in [0, 0.1) is 12.7 Å². The van der Waals surface area contributed by atoms with Gasteiger partial charge in [0.1, 0.15) is 5.82 Å². The van der Waals surface area contributed by atoms with Crippen LogP contribution in [-0.2, 0) is 9.59 Å². The molecule has 1 rings (SSSR count).